The molecule has 0 saturated heterocycles. The summed E-state index contributed by atoms with van der Waals surface area (Å²) >= 11 is 0. The van der Waals surface area contributed by atoms with Crippen molar-refractivity contribution in [1.82, 2.24) is 15.0 Å². The average Bonchev–Trinajstić information content (AvgIpc) is 2.99. The molecule has 0 radical (unpaired) electrons. The molecule has 4 heterocycles. The number of hydrogen-bond donors (Lipinski definition) is 0. The Hall–Kier alpha value is -3.27. The van der Waals surface area contributed by atoms with Crippen molar-refractivity contribution in [3.63, 3.8) is 0 Å². The fraction of sp³-hybridized carbons (Fsp3) is 0. The van der Waals surface area contributed by atoms with Crippen LogP contribution in [0, 0.1) is 0 Å². The largest absolute Gasteiger partial charge is 0.436 e. The fourth-order valence-electron chi connectivity index (χ4n) is 2.94. The summed E-state index contributed by atoms with van der Waals surface area (Å²) in [5.74, 6) is 0. The molecule has 108 valence electrons. The van der Waals surface area contributed by atoms with Crippen molar-refractivity contribution in [2.24, 2.45) is 0 Å². The van der Waals surface area contributed by atoms with E-state index < -0.39 is 0 Å². The molecular weight excluding hydrogens is 286 g/mol. The van der Waals surface area contributed by atoms with E-state index in [1.807, 2.05) is 48.7 Å². The predicted octanol–water partition coefficient (Wildman–Crippen LogP) is 4.59. The zero-order chi connectivity index (χ0) is 15.2. The highest BCUT2D eigenvalue weighted by molar-refractivity contribution is 6.02. The van der Waals surface area contributed by atoms with Crippen molar-refractivity contribution in [1.29, 1.82) is 0 Å². The second-order valence-electron chi connectivity index (χ2n) is 5.38. The van der Waals surface area contributed by atoms with E-state index in [0.29, 0.717) is 5.71 Å². The lowest BCUT2D eigenvalue weighted by molar-refractivity contribution is 0.653. The molecule has 1 aromatic carbocycles. The van der Waals surface area contributed by atoms with Crippen LogP contribution >= 0.6 is 0 Å². The molecule has 4 heteroatoms. The average molecular weight is 297 g/mol. The number of furan rings is 1. The molecule has 0 bridgehead atoms. The smallest absolute Gasteiger partial charge is 0.228 e. The first-order valence-corrected chi connectivity index (χ1v) is 7.38. The quantitative estimate of drug-likeness (QED) is 0.454. The zero-order valence-corrected chi connectivity index (χ0v) is 12.1. The van der Waals surface area contributed by atoms with Gasteiger partial charge in [0.2, 0.25) is 5.71 Å². The molecule has 0 amide bonds. The van der Waals surface area contributed by atoms with Gasteiger partial charge in [0, 0.05) is 23.3 Å². The molecule has 4 nitrogen and oxygen atoms in total. The summed E-state index contributed by atoms with van der Waals surface area (Å²) in [7, 11) is 0. The van der Waals surface area contributed by atoms with Gasteiger partial charge in [-0.15, -0.1) is 0 Å². The van der Waals surface area contributed by atoms with Gasteiger partial charge in [-0.05, 0) is 30.3 Å². The number of hydrogen-bond acceptors (Lipinski definition) is 4. The summed E-state index contributed by atoms with van der Waals surface area (Å²) in [5.41, 5.74) is 5.04. The third-order valence-electron chi connectivity index (χ3n) is 4.00. The first-order valence-electron chi connectivity index (χ1n) is 7.38. The van der Waals surface area contributed by atoms with Crippen molar-refractivity contribution in [2.45, 2.75) is 0 Å². The van der Waals surface area contributed by atoms with Crippen LogP contribution in [-0.2, 0) is 0 Å². The summed E-state index contributed by atoms with van der Waals surface area (Å²) in [6.07, 6.45) is 3.53. The highest BCUT2D eigenvalue weighted by Gasteiger charge is 2.12. The van der Waals surface area contributed by atoms with Crippen molar-refractivity contribution < 1.29 is 4.42 Å². The van der Waals surface area contributed by atoms with Crippen molar-refractivity contribution >= 4 is 33.1 Å². The molecule has 0 saturated carbocycles. The van der Waals surface area contributed by atoms with Gasteiger partial charge in [0.15, 0.2) is 5.58 Å². The number of para-hydroxylation sites is 1. The second-order valence-corrected chi connectivity index (χ2v) is 5.38. The van der Waals surface area contributed by atoms with Crippen LogP contribution in [0.5, 0.6) is 0 Å². The summed E-state index contributed by atoms with van der Waals surface area (Å²) in [6.45, 7) is 0. The Balaban J connectivity index is 1.84. The summed E-state index contributed by atoms with van der Waals surface area (Å²) in [6, 6.07) is 17.9. The van der Waals surface area contributed by atoms with Crippen molar-refractivity contribution in [3.8, 4) is 11.3 Å². The van der Waals surface area contributed by atoms with Crippen molar-refractivity contribution in [2.75, 3.05) is 0 Å². The standard InChI is InChI=1S/C19H11N3O/c1-4-12-5-2-10-20-17(12)13(6-1)15-8-9-16-18(22-15)14-7-3-11-21-19(14)23-16/h1-11H. The fourth-order valence-corrected chi connectivity index (χ4v) is 2.94. The van der Waals surface area contributed by atoms with E-state index in [1.54, 1.807) is 6.20 Å². The van der Waals surface area contributed by atoms with Crippen LogP contribution in [0.1, 0.15) is 0 Å². The van der Waals surface area contributed by atoms with Gasteiger partial charge in [-0.3, -0.25) is 4.98 Å². The topological polar surface area (TPSA) is 51.8 Å². The molecule has 0 unspecified atom stereocenters. The van der Waals surface area contributed by atoms with Gasteiger partial charge in [0.25, 0.3) is 0 Å². The van der Waals surface area contributed by atoms with Gasteiger partial charge in [-0.2, -0.15) is 0 Å². The van der Waals surface area contributed by atoms with E-state index in [-0.39, 0.29) is 0 Å². The maximum atomic E-state index is 5.74. The van der Waals surface area contributed by atoms with Gasteiger partial charge in [0.05, 0.1) is 16.6 Å². The van der Waals surface area contributed by atoms with Gasteiger partial charge in [-0.1, -0.05) is 24.3 Å². The Morgan fingerprint density at radius 1 is 0.739 bits per heavy atom. The molecule has 0 fully saturated rings. The van der Waals surface area contributed by atoms with E-state index >= 15 is 0 Å². The van der Waals surface area contributed by atoms with Gasteiger partial charge in [0.1, 0.15) is 5.52 Å². The summed E-state index contributed by atoms with van der Waals surface area (Å²) < 4.78 is 5.74. The minimum atomic E-state index is 0.614. The van der Waals surface area contributed by atoms with Crippen LogP contribution in [0.15, 0.2) is 71.4 Å². The van der Waals surface area contributed by atoms with E-state index in [4.69, 9.17) is 9.40 Å². The monoisotopic (exact) mass is 297 g/mol. The van der Waals surface area contributed by atoms with Gasteiger partial charge in [-0.25, -0.2) is 9.97 Å². The molecule has 5 aromatic rings. The third kappa shape index (κ3) is 1.82. The van der Waals surface area contributed by atoms with E-state index in [1.165, 1.54) is 0 Å². The first kappa shape index (κ1) is 12.3. The zero-order valence-electron chi connectivity index (χ0n) is 12.1. The first-order chi connectivity index (χ1) is 11.4. The molecule has 0 spiro atoms. The third-order valence-corrected chi connectivity index (χ3v) is 4.00. The maximum absolute atomic E-state index is 5.74. The number of benzene rings is 1. The van der Waals surface area contributed by atoms with E-state index in [2.05, 4.69) is 22.1 Å². The number of aromatic nitrogens is 3. The van der Waals surface area contributed by atoms with Crippen LogP contribution < -0.4 is 0 Å². The van der Waals surface area contributed by atoms with E-state index in [9.17, 15) is 0 Å². The number of fused-ring (bicyclic) bond motifs is 4. The lowest BCUT2D eigenvalue weighted by Gasteiger charge is -2.05. The van der Waals surface area contributed by atoms with Crippen molar-refractivity contribution in [3.05, 3.63) is 67.0 Å². The minimum absolute atomic E-state index is 0.614. The van der Waals surface area contributed by atoms with Crippen LogP contribution in [0.25, 0.3) is 44.4 Å². The van der Waals surface area contributed by atoms with Crippen LogP contribution in [-0.4, -0.2) is 15.0 Å². The van der Waals surface area contributed by atoms with Gasteiger partial charge < -0.3 is 4.42 Å². The molecule has 4 aromatic heterocycles. The van der Waals surface area contributed by atoms with E-state index in [0.717, 1.165) is 38.6 Å². The molecule has 0 aliphatic rings. The normalized spacial score (nSPS) is 11.5. The summed E-state index contributed by atoms with van der Waals surface area (Å²) in [4.78, 5) is 13.6. The number of rotatable bonds is 1. The molecule has 0 atom stereocenters. The maximum Gasteiger partial charge on any atom is 0.228 e. The Kier molecular flexibility index (Phi) is 2.46. The second kappa shape index (κ2) is 4.61. The minimum Gasteiger partial charge on any atom is -0.436 e. The molecule has 0 N–H and O–H groups in total. The highest BCUT2D eigenvalue weighted by Crippen LogP contribution is 2.30. The molecule has 0 aliphatic carbocycles. The number of pyridine rings is 3. The Labute approximate surface area is 131 Å². The molecular formula is C19H11N3O. The van der Waals surface area contributed by atoms with Crippen LogP contribution in [0.4, 0.5) is 0 Å². The lowest BCUT2D eigenvalue weighted by atomic mass is 10.1. The highest BCUT2D eigenvalue weighted by atomic mass is 16.3. The SMILES string of the molecule is c1cnc2c(-c3ccc4oc5ncccc5c4n3)cccc2c1. The van der Waals surface area contributed by atoms with Gasteiger partial charge >= 0.3 is 0 Å². The molecule has 5 rings (SSSR count). The van der Waals surface area contributed by atoms with Crippen LogP contribution in [0.3, 0.4) is 0 Å². The Morgan fingerprint density at radius 3 is 2.61 bits per heavy atom. The lowest BCUT2D eigenvalue weighted by Crippen LogP contribution is -1.87. The Bertz CT molecular complexity index is 1170. The predicted molar refractivity (Wildman–Crippen MR) is 90.0 cm³/mol. The number of nitrogens with zero attached hydrogens (tertiary/aromatic N) is 3. The molecule has 0 aliphatic heterocycles. The summed E-state index contributed by atoms with van der Waals surface area (Å²) in [5, 5.41) is 2.03. The Morgan fingerprint density at radius 2 is 1.61 bits per heavy atom. The van der Waals surface area contributed by atoms with Crippen LogP contribution in [0.2, 0.25) is 0 Å². The molecule has 23 heavy (non-hydrogen) atoms.